The lowest BCUT2D eigenvalue weighted by molar-refractivity contribution is -0.113. The van der Waals surface area contributed by atoms with E-state index < -0.39 is 34.0 Å². The first-order valence-electron chi connectivity index (χ1n) is 11.7. The van der Waals surface area contributed by atoms with Gasteiger partial charge in [-0.05, 0) is 49.4 Å². The number of carboxylic acids is 1. The number of carboxylic acid groups (broad SMARTS) is 1. The van der Waals surface area contributed by atoms with Crippen LogP contribution in [-0.4, -0.2) is 41.7 Å². The number of nitrogens with one attached hydrogen (secondary N) is 2. The van der Waals surface area contributed by atoms with Gasteiger partial charge in [0.2, 0.25) is 5.91 Å². The number of ether oxygens (including phenoxy) is 1. The molecular weight excluding hydrogens is 642 g/mol. The lowest BCUT2D eigenvalue weighted by atomic mass is 9.95. The van der Waals surface area contributed by atoms with Crippen LogP contribution in [0.15, 0.2) is 29.2 Å². The maximum absolute atomic E-state index is 13.0. The zero-order valence-electron chi connectivity index (χ0n) is 20.7. The van der Waals surface area contributed by atoms with Crippen LogP contribution in [0.3, 0.4) is 0 Å². The van der Waals surface area contributed by atoms with Crippen molar-refractivity contribution in [3.63, 3.8) is 0 Å². The van der Waals surface area contributed by atoms with Crippen LogP contribution in [0.4, 0.5) is 10.7 Å². The minimum atomic E-state index is -1.51. The number of benzene rings is 2. The minimum absolute atomic E-state index is 0.0258. The summed E-state index contributed by atoms with van der Waals surface area (Å²) >= 11 is 26.8. The van der Waals surface area contributed by atoms with E-state index in [1.807, 2.05) is 0 Å². The molecule has 210 valence electrons. The second kappa shape index (κ2) is 13.0. The average Bonchev–Trinajstić information content (AvgIpc) is 3.29. The smallest absolute Gasteiger partial charge is 0.341 e. The molecule has 1 heterocycles. The lowest BCUT2D eigenvalue weighted by Gasteiger charge is -2.14. The fraction of sp³-hybridized carbons (Fsp3) is 0.231. The number of carbonyl (C=O) groups is 4. The minimum Gasteiger partial charge on any atom is -0.478 e. The first-order valence-corrected chi connectivity index (χ1v) is 15.0. The third-order valence-corrected chi connectivity index (χ3v) is 9.99. The summed E-state index contributed by atoms with van der Waals surface area (Å²) in [7, 11) is 1.31. The fourth-order valence-corrected chi connectivity index (χ4v) is 7.25. The van der Waals surface area contributed by atoms with Crippen molar-refractivity contribution < 1.29 is 29.0 Å². The predicted molar refractivity (Wildman–Crippen MR) is 159 cm³/mol. The van der Waals surface area contributed by atoms with Gasteiger partial charge in [0.05, 0.1) is 49.6 Å². The highest BCUT2D eigenvalue weighted by molar-refractivity contribution is 8.00. The van der Waals surface area contributed by atoms with Crippen molar-refractivity contribution in [2.45, 2.75) is 30.6 Å². The molecule has 0 aliphatic heterocycles. The van der Waals surface area contributed by atoms with E-state index >= 15 is 0 Å². The number of aryl methyl sites for hydroxylation is 1. The van der Waals surface area contributed by atoms with Gasteiger partial charge in [0.25, 0.3) is 5.91 Å². The molecule has 1 aliphatic rings. The number of carbonyl (C=O) groups excluding carboxylic acids is 3. The van der Waals surface area contributed by atoms with Crippen molar-refractivity contribution in [2.75, 3.05) is 23.5 Å². The van der Waals surface area contributed by atoms with E-state index in [-0.39, 0.29) is 26.7 Å². The van der Waals surface area contributed by atoms with Crippen molar-refractivity contribution in [1.29, 1.82) is 0 Å². The van der Waals surface area contributed by atoms with E-state index in [2.05, 4.69) is 10.6 Å². The van der Waals surface area contributed by atoms with Crippen LogP contribution in [0.5, 0.6) is 0 Å². The van der Waals surface area contributed by atoms with Gasteiger partial charge in [-0.2, -0.15) is 0 Å². The molecule has 8 nitrogen and oxygen atoms in total. The van der Waals surface area contributed by atoms with Crippen LogP contribution < -0.4 is 10.6 Å². The van der Waals surface area contributed by atoms with Crippen molar-refractivity contribution >= 4 is 104 Å². The monoisotopic (exact) mass is 660 g/mol. The van der Waals surface area contributed by atoms with Crippen LogP contribution in [-0.2, 0) is 22.4 Å². The number of fused-ring (bicyclic) bond motifs is 1. The van der Waals surface area contributed by atoms with Gasteiger partial charge in [-0.15, -0.1) is 23.1 Å². The molecule has 0 radical (unpaired) electrons. The molecule has 0 spiro atoms. The number of halogens is 4. The van der Waals surface area contributed by atoms with Crippen LogP contribution in [0.2, 0.25) is 20.1 Å². The Labute approximate surface area is 257 Å². The molecule has 2 aromatic carbocycles. The number of thioether (sulfide) groups is 1. The summed E-state index contributed by atoms with van der Waals surface area (Å²) in [4.78, 5) is 51.8. The van der Waals surface area contributed by atoms with Gasteiger partial charge in [-0.1, -0.05) is 52.5 Å². The number of thiophene rings is 1. The Bertz CT molecular complexity index is 1540. The van der Waals surface area contributed by atoms with Crippen molar-refractivity contribution in [2.24, 2.45) is 0 Å². The van der Waals surface area contributed by atoms with Crippen LogP contribution in [0.25, 0.3) is 0 Å². The molecule has 3 N–H and O–H groups in total. The molecule has 2 amide bonds. The van der Waals surface area contributed by atoms with Gasteiger partial charge in [0, 0.05) is 15.5 Å². The van der Waals surface area contributed by atoms with E-state index in [4.69, 9.17) is 51.1 Å². The van der Waals surface area contributed by atoms with Gasteiger partial charge in [0.1, 0.15) is 5.00 Å². The summed E-state index contributed by atoms with van der Waals surface area (Å²) in [6.45, 7) is 0. The molecule has 4 rings (SSSR count). The van der Waals surface area contributed by atoms with Gasteiger partial charge in [-0.25, -0.2) is 9.59 Å². The topological polar surface area (TPSA) is 122 Å². The van der Waals surface area contributed by atoms with Gasteiger partial charge < -0.3 is 20.5 Å². The van der Waals surface area contributed by atoms with Crippen molar-refractivity contribution in [1.82, 2.24) is 0 Å². The largest absolute Gasteiger partial charge is 0.478 e. The molecule has 1 aromatic heterocycles. The molecule has 40 heavy (non-hydrogen) atoms. The normalized spacial score (nSPS) is 12.4. The molecule has 0 saturated heterocycles. The maximum atomic E-state index is 13.0. The first kappa shape index (κ1) is 30.5. The van der Waals surface area contributed by atoms with Gasteiger partial charge >= 0.3 is 11.9 Å². The van der Waals surface area contributed by atoms with E-state index in [0.717, 1.165) is 36.1 Å². The number of esters is 1. The Morgan fingerprint density at radius 3 is 2.30 bits per heavy atom. The second-order valence-electron chi connectivity index (χ2n) is 8.54. The van der Waals surface area contributed by atoms with E-state index in [9.17, 15) is 24.3 Å². The maximum Gasteiger partial charge on any atom is 0.341 e. The number of aromatic carboxylic acids is 1. The standard InChI is InChI=1S/C26H20Cl4N2O6S2/c1-38-26(37)16-13-7-2-3-8-14(13)40-24(16)32-15(33)10-39-12-6-4-5-11(9-12)31-23(34)17-18(25(35)36)20(28)22(30)21(29)19(17)27/h4-6,9H,2-3,7-8,10H2,1H3,(H,31,34)(H,32,33)(H,35,36). The highest BCUT2D eigenvalue weighted by Gasteiger charge is 2.29. The number of methoxy groups -OCH3 is 1. The Morgan fingerprint density at radius 1 is 0.950 bits per heavy atom. The Morgan fingerprint density at radius 2 is 1.62 bits per heavy atom. The summed E-state index contributed by atoms with van der Waals surface area (Å²) in [5.74, 6) is -3.13. The summed E-state index contributed by atoms with van der Waals surface area (Å²) < 4.78 is 4.95. The summed E-state index contributed by atoms with van der Waals surface area (Å²) in [5.41, 5.74) is 0.660. The molecular formula is C26H20Cl4N2O6S2. The molecule has 0 saturated carbocycles. The average molecular weight is 662 g/mol. The van der Waals surface area contributed by atoms with Crippen LogP contribution >= 0.6 is 69.5 Å². The molecule has 14 heteroatoms. The predicted octanol–water partition coefficient (Wildman–Crippen LogP) is 7.71. The highest BCUT2D eigenvalue weighted by atomic mass is 35.5. The molecule has 0 fully saturated rings. The summed E-state index contributed by atoms with van der Waals surface area (Å²) in [6.07, 6.45) is 3.64. The lowest BCUT2D eigenvalue weighted by Crippen LogP contribution is -2.18. The van der Waals surface area contributed by atoms with E-state index in [1.165, 1.54) is 30.2 Å². The Kier molecular flexibility index (Phi) is 9.92. The third kappa shape index (κ3) is 6.37. The fourth-order valence-electron chi connectivity index (χ4n) is 4.19. The molecule has 0 atom stereocenters. The quantitative estimate of drug-likeness (QED) is 0.0978. The SMILES string of the molecule is COC(=O)c1c(NC(=O)CSc2cccc(NC(=O)c3c(Cl)c(Cl)c(Cl)c(Cl)c3C(=O)O)c2)sc2c1CCCC2. The Balaban J connectivity index is 1.47. The number of hydrogen-bond acceptors (Lipinski definition) is 7. The van der Waals surface area contributed by atoms with Gasteiger partial charge in [0.15, 0.2) is 0 Å². The van der Waals surface area contributed by atoms with E-state index in [1.54, 1.807) is 24.3 Å². The van der Waals surface area contributed by atoms with Crippen molar-refractivity contribution in [3.8, 4) is 0 Å². The Hall–Kier alpha value is -2.47. The molecule has 1 aliphatic carbocycles. The zero-order valence-corrected chi connectivity index (χ0v) is 25.3. The highest BCUT2D eigenvalue weighted by Crippen LogP contribution is 2.42. The van der Waals surface area contributed by atoms with Crippen LogP contribution in [0, 0.1) is 0 Å². The summed E-state index contributed by atoms with van der Waals surface area (Å²) in [6, 6.07) is 6.57. The van der Waals surface area contributed by atoms with Gasteiger partial charge in [-0.3, -0.25) is 9.59 Å². The third-order valence-electron chi connectivity index (χ3n) is 5.98. The molecule has 0 unspecified atom stereocenters. The second-order valence-corrected chi connectivity index (χ2v) is 12.2. The van der Waals surface area contributed by atoms with E-state index in [0.29, 0.717) is 21.1 Å². The summed E-state index contributed by atoms with van der Waals surface area (Å²) in [5, 5.41) is 14.2. The number of amides is 2. The molecule has 0 bridgehead atoms. The number of rotatable bonds is 8. The number of hydrogen-bond donors (Lipinski definition) is 3. The van der Waals surface area contributed by atoms with Crippen molar-refractivity contribution in [3.05, 3.63) is 71.5 Å². The number of anilines is 2. The van der Waals surface area contributed by atoms with Crippen LogP contribution in [0.1, 0.15) is 54.4 Å². The first-order chi connectivity index (χ1) is 19.0. The zero-order chi connectivity index (χ0) is 29.1. The molecule has 3 aromatic rings.